The number of nitrogens with one attached hydrogen (secondary N) is 2. The van der Waals surface area contributed by atoms with Gasteiger partial charge in [-0.05, 0) is 62.5 Å². The molecular formula is C18H28N2O2S. The van der Waals surface area contributed by atoms with Gasteiger partial charge in [0.25, 0.3) is 0 Å². The Morgan fingerprint density at radius 3 is 2.43 bits per heavy atom. The summed E-state index contributed by atoms with van der Waals surface area (Å²) in [5, 5.41) is 7.37. The smallest absolute Gasteiger partial charge is 0.166 e. The summed E-state index contributed by atoms with van der Waals surface area (Å²) in [5.74, 6) is 1.63. The van der Waals surface area contributed by atoms with E-state index in [1.54, 1.807) is 0 Å². The molecule has 4 nitrogen and oxygen atoms in total. The highest BCUT2D eigenvalue weighted by atomic mass is 32.1. The van der Waals surface area contributed by atoms with Crippen LogP contribution in [0.5, 0.6) is 11.5 Å². The Morgan fingerprint density at radius 1 is 1.17 bits per heavy atom. The van der Waals surface area contributed by atoms with E-state index in [-0.39, 0.29) is 6.04 Å². The Balaban J connectivity index is 2.02. The van der Waals surface area contributed by atoms with Crippen molar-refractivity contribution in [1.29, 1.82) is 0 Å². The Labute approximate surface area is 144 Å². The summed E-state index contributed by atoms with van der Waals surface area (Å²) in [5.41, 5.74) is 1.14. The first-order valence-corrected chi connectivity index (χ1v) is 9.01. The van der Waals surface area contributed by atoms with Gasteiger partial charge >= 0.3 is 0 Å². The van der Waals surface area contributed by atoms with Gasteiger partial charge < -0.3 is 20.1 Å². The molecule has 0 bridgehead atoms. The molecule has 0 aromatic heterocycles. The highest BCUT2D eigenvalue weighted by Gasteiger charge is 2.22. The molecule has 1 aromatic rings. The van der Waals surface area contributed by atoms with E-state index in [0.29, 0.717) is 19.3 Å². The van der Waals surface area contributed by atoms with Crippen LogP contribution in [0.1, 0.15) is 58.1 Å². The third kappa shape index (κ3) is 5.90. The van der Waals surface area contributed by atoms with E-state index >= 15 is 0 Å². The van der Waals surface area contributed by atoms with Crippen molar-refractivity contribution in [3.05, 3.63) is 23.8 Å². The zero-order valence-electron chi connectivity index (χ0n) is 14.4. The van der Waals surface area contributed by atoms with Gasteiger partial charge in [-0.1, -0.05) is 19.9 Å². The first-order valence-electron chi connectivity index (χ1n) is 8.60. The Kier molecular flexibility index (Phi) is 6.96. The molecule has 1 aliphatic carbocycles. The molecule has 23 heavy (non-hydrogen) atoms. The topological polar surface area (TPSA) is 42.5 Å². The third-order valence-electron chi connectivity index (χ3n) is 3.65. The van der Waals surface area contributed by atoms with Crippen LogP contribution < -0.4 is 20.1 Å². The van der Waals surface area contributed by atoms with Gasteiger partial charge in [0, 0.05) is 6.04 Å². The maximum absolute atomic E-state index is 5.85. The molecule has 1 saturated carbocycles. The molecule has 2 rings (SSSR count). The summed E-state index contributed by atoms with van der Waals surface area (Å²) in [6.07, 6.45) is 4.39. The number of ether oxygens (including phenoxy) is 2. The van der Waals surface area contributed by atoms with Gasteiger partial charge in [-0.2, -0.15) is 0 Å². The minimum atomic E-state index is 0.123. The fraction of sp³-hybridized carbons (Fsp3) is 0.611. The van der Waals surface area contributed by atoms with Gasteiger partial charge in [-0.15, -0.1) is 0 Å². The molecule has 0 saturated heterocycles. The van der Waals surface area contributed by atoms with Gasteiger partial charge in [0.15, 0.2) is 16.6 Å². The van der Waals surface area contributed by atoms with Crippen molar-refractivity contribution in [1.82, 2.24) is 10.6 Å². The molecule has 1 aromatic carbocycles. The molecule has 1 atom stereocenters. The largest absolute Gasteiger partial charge is 0.490 e. The summed E-state index contributed by atoms with van der Waals surface area (Å²) in [6, 6.07) is 6.80. The van der Waals surface area contributed by atoms with Crippen LogP contribution in [0.3, 0.4) is 0 Å². The van der Waals surface area contributed by atoms with Crippen molar-refractivity contribution in [2.45, 2.75) is 58.5 Å². The van der Waals surface area contributed by atoms with Crippen molar-refractivity contribution in [2.75, 3.05) is 13.2 Å². The molecule has 0 aliphatic heterocycles. The fourth-order valence-corrected chi connectivity index (χ4v) is 2.53. The van der Waals surface area contributed by atoms with Gasteiger partial charge in [0.05, 0.1) is 19.3 Å². The highest BCUT2D eigenvalue weighted by molar-refractivity contribution is 7.80. The average Bonchev–Trinajstić information content (AvgIpc) is 3.34. The molecule has 0 radical (unpaired) electrons. The lowest BCUT2D eigenvalue weighted by Crippen LogP contribution is -2.37. The summed E-state index contributed by atoms with van der Waals surface area (Å²) in [4.78, 5) is 0. The lowest BCUT2D eigenvalue weighted by Gasteiger charge is -2.19. The summed E-state index contributed by atoms with van der Waals surface area (Å²) >= 11 is 5.35. The molecule has 1 aliphatic rings. The van der Waals surface area contributed by atoms with Crippen molar-refractivity contribution in [3.8, 4) is 11.5 Å². The minimum absolute atomic E-state index is 0.123. The maximum atomic E-state index is 5.85. The second-order valence-corrected chi connectivity index (χ2v) is 6.43. The van der Waals surface area contributed by atoms with Gasteiger partial charge in [-0.3, -0.25) is 0 Å². The van der Waals surface area contributed by atoms with E-state index in [1.165, 1.54) is 12.8 Å². The van der Waals surface area contributed by atoms with Crippen LogP contribution in [0.25, 0.3) is 0 Å². The average molecular weight is 337 g/mol. The molecule has 128 valence electrons. The summed E-state index contributed by atoms with van der Waals surface area (Å²) < 4.78 is 11.6. The van der Waals surface area contributed by atoms with Crippen LogP contribution in [-0.4, -0.2) is 24.4 Å². The quantitative estimate of drug-likeness (QED) is 0.668. The van der Waals surface area contributed by atoms with E-state index in [2.05, 4.69) is 43.5 Å². The molecule has 0 unspecified atom stereocenters. The van der Waals surface area contributed by atoms with Crippen LogP contribution in [0, 0.1) is 0 Å². The first-order chi connectivity index (χ1) is 11.1. The predicted molar refractivity (Wildman–Crippen MR) is 98.3 cm³/mol. The van der Waals surface area contributed by atoms with Crippen molar-refractivity contribution < 1.29 is 9.47 Å². The van der Waals surface area contributed by atoms with Crippen LogP contribution in [0.4, 0.5) is 0 Å². The number of rotatable bonds is 9. The SMILES string of the molecule is CCCOc1ccc([C@@H](C)NC(=S)NC2CC2)cc1OCCC. The van der Waals surface area contributed by atoms with Gasteiger partial charge in [0.1, 0.15) is 0 Å². The second-order valence-electron chi connectivity index (χ2n) is 6.02. The predicted octanol–water partition coefficient (Wildman–Crippen LogP) is 3.95. The standard InChI is InChI=1S/C18H28N2O2S/c1-4-10-21-16-9-6-14(12-17(16)22-11-5-2)13(3)19-18(23)20-15-7-8-15/h6,9,12-13,15H,4-5,7-8,10-11H2,1-3H3,(H2,19,20,23)/t13-/m1/s1. The zero-order valence-corrected chi connectivity index (χ0v) is 15.2. The van der Waals surface area contributed by atoms with Gasteiger partial charge in [-0.25, -0.2) is 0 Å². The second kappa shape index (κ2) is 8.96. The maximum Gasteiger partial charge on any atom is 0.166 e. The van der Waals surface area contributed by atoms with Gasteiger partial charge in [0.2, 0.25) is 0 Å². The van der Waals surface area contributed by atoms with Crippen molar-refractivity contribution in [3.63, 3.8) is 0 Å². The molecule has 1 fully saturated rings. The van der Waals surface area contributed by atoms with Crippen LogP contribution >= 0.6 is 12.2 Å². The number of benzene rings is 1. The molecule has 5 heteroatoms. The molecular weight excluding hydrogens is 308 g/mol. The third-order valence-corrected chi connectivity index (χ3v) is 3.89. The van der Waals surface area contributed by atoms with Crippen molar-refractivity contribution >= 4 is 17.3 Å². The number of hydrogen-bond acceptors (Lipinski definition) is 3. The Bertz CT molecular complexity index is 518. The molecule has 0 spiro atoms. The number of hydrogen-bond donors (Lipinski definition) is 2. The first kappa shape index (κ1) is 17.9. The Hall–Kier alpha value is -1.49. The van der Waals surface area contributed by atoms with E-state index in [1.807, 2.05) is 6.07 Å². The lowest BCUT2D eigenvalue weighted by molar-refractivity contribution is 0.268. The molecule has 0 amide bonds. The van der Waals surface area contributed by atoms with E-state index in [4.69, 9.17) is 21.7 Å². The fourth-order valence-electron chi connectivity index (χ4n) is 2.18. The molecule has 0 heterocycles. The van der Waals surface area contributed by atoms with Crippen LogP contribution in [-0.2, 0) is 0 Å². The van der Waals surface area contributed by atoms with Crippen molar-refractivity contribution in [2.24, 2.45) is 0 Å². The highest BCUT2D eigenvalue weighted by Crippen LogP contribution is 2.31. The van der Waals surface area contributed by atoms with Crippen LogP contribution in [0.15, 0.2) is 18.2 Å². The monoisotopic (exact) mass is 336 g/mol. The molecule has 2 N–H and O–H groups in total. The Morgan fingerprint density at radius 2 is 1.83 bits per heavy atom. The summed E-state index contributed by atoms with van der Waals surface area (Å²) in [7, 11) is 0. The van der Waals surface area contributed by atoms with E-state index < -0.39 is 0 Å². The number of thiocarbonyl (C=S) groups is 1. The van der Waals surface area contributed by atoms with E-state index in [0.717, 1.165) is 35.0 Å². The normalized spacial score (nSPS) is 14.9. The zero-order chi connectivity index (χ0) is 16.7. The van der Waals surface area contributed by atoms with E-state index in [9.17, 15) is 0 Å². The van der Waals surface area contributed by atoms with Crippen LogP contribution in [0.2, 0.25) is 0 Å². The summed E-state index contributed by atoms with van der Waals surface area (Å²) in [6.45, 7) is 7.69. The minimum Gasteiger partial charge on any atom is -0.490 e. The lowest BCUT2D eigenvalue weighted by atomic mass is 10.1.